The van der Waals surface area contributed by atoms with Gasteiger partial charge in [-0.05, 0) is 36.8 Å². The monoisotopic (exact) mass is 402 g/mol. The Hall–Kier alpha value is -4.20. The number of carbonyl (C=O) groups is 2. The fourth-order valence-electron chi connectivity index (χ4n) is 3.36. The van der Waals surface area contributed by atoms with E-state index in [1.54, 1.807) is 41.1 Å². The van der Waals surface area contributed by atoms with Gasteiger partial charge in [0, 0.05) is 24.0 Å². The first-order valence-electron chi connectivity index (χ1n) is 9.24. The number of aromatic nitrogens is 1. The first-order chi connectivity index (χ1) is 14.4. The van der Waals surface area contributed by atoms with E-state index < -0.39 is 16.9 Å². The number of rotatable bonds is 5. The maximum atomic E-state index is 12.8. The van der Waals surface area contributed by atoms with Crippen molar-refractivity contribution in [2.75, 3.05) is 0 Å². The third kappa shape index (κ3) is 3.70. The molecular formula is C22H18N4O4. The second kappa shape index (κ2) is 7.67. The minimum absolute atomic E-state index is 0.0330. The summed E-state index contributed by atoms with van der Waals surface area (Å²) in [4.78, 5) is 36.9. The molecule has 0 aliphatic carbocycles. The van der Waals surface area contributed by atoms with Crippen LogP contribution in [0.1, 0.15) is 16.8 Å². The van der Waals surface area contributed by atoms with Crippen molar-refractivity contribution in [2.45, 2.75) is 13.5 Å². The Labute approximate surface area is 172 Å². The summed E-state index contributed by atoms with van der Waals surface area (Å²) in [5.74, 6) is -0.423. The van der Waals surface area contributed by atoms with Crippen molar-refractivity contribution >= 4 is 23.7 Å². The normalized spacial score (nSPS) is 15.0. The number of urea groups is 1. The van der Waals surface area contributed by atoms with Gasteiger partial charge in [-0.3, -0.25) is 19.8 Å². The van der Waals surface area contributed by atoms with Crippen LogP contribution in [0.15, 0.2) is 72.6 Å². The number of nitrogens with zero attached hydrogens (tertiary/aromatic N) is 3. The van der Waals surface area contributed by atoms with Crippen LogP contribution in [0.2, 0.25) is 0 Å². The van der Waals surface area contributed by atoms with Gasteiger partial charge in [0.05, 0.1) is 17.2 Å². The van der Waals surface area contributed by atoms with E-state index in [0.717, 1.165) is 16.0 Å². The lowest BCUT2D eigenvalue weighted by molar-refractivity contribution is -0.384. The molecule has 150 valence electrons. The Morgan fingerprint density at radius 2 is 1.87 bits per heavy atom. The van der Waals surface area contributed by atoms with Crippen LogP contribution in [0.5, 0.6) is 0 Å². The van der Waals surface area contributed by atoms with Crippen molar-refractivity contribution in [1.82, 2.24) is 14.8 Å². The third-order valence-corrected chi connectivity index (χ3v) is 4.78. The number of nitrogens with one attached hydrogen (secondary N) is 1. The number of hydrogen-bond donors (Lipinski definition) is 1. The van der Waals surface area contributed by atoms with Gasteiger partial charge in [0.1, 0.15) is 5.70 Å². The van der Waals surface area contributed by atoms with E-state index in [0.29, 0.717) is 11.4 Å². The van der Waals surface area contributed by atoms with Crippen LogP contribution >= 0.6 is 0 Å². The highest BCUT2D eigenvalue weighted by Crippen LogP contribution is 2.22. The summed E-state index contributed by atoms with van der Waals surface area (Å²) in [7, 11) is 0. The summed E-state index contributed by atoms with van der Waals surface area (Å²) in [6, 6.07) is 16.8. The van der Waals surface area contributed by atoms with Crippen LogP contribution in [0.4, 0.5) is 10.5 Å². The molecular weight excluding hydrogens is 384 g/mol. The summed E-state index contributed by atoms with van der Waals surface area (Å²) in [6.07, 6.45) is 3.30. The number of amides is 3. The van der Waals surface area contributed by atoms with Crippen LogP contribution in [-0.4, -0.2) is 26.3 Å². The average Bonchev–Trinajstić information content (AvgIpc) is 3.28. The molecule has 0 unspecified atom stereocenters. The number of carbonyl (C=O) groups excluding carboxylic acids is 2. The number of imide groups is 1. The smallest absolute Gasteiger partial charge is 0.317 e. The molecule has 3 amide bonds. The van der Waals surface area contributed by atoms with E-state index in [4.69, 9.17) is 0 Å². The van der Waals surface area contributed by atoms with E-state index >= 15 is 0 Å². The summed E-state index contributed by atoms with van der Waals surface area (Å²) in [5, 5.41) is 13.7. The topological polar surface area (TPSA) is 97.5 Å². The second-order valence-electron chi connectivity index (χ2n) is 6.95. The number of non-ortho nitro benzene ring substituents is 1. The highest BCUT2D eigenvalue weighted by Gasteiger charge is 2.33. The molecule has 0 saturated carbocycles. The summed E-state index contributed by atoms with van der Waals surface area (Å²) in [5.41, 5.74) is 3.21. The molecule has 1 fully saturated rings. The van der Waals surface area contributed by atoms with Crippen molar-refractivity contribution in [2.24, 2.45) is 0 Å². The third-order valence-electron chi connectivity index (χ3n) is 4.78. The molecule has 0 radical (unpaired) electrons. The maximum absolute atomic E-state index is 12.8. The minimum atomic E-state index is -0.485. The van der Waals surface area contributed by atoms with Crippen LogP contribution in [0.3, 0.4) is 0 Å². The molecule has 1 aromatic heterocycles. The van der Waals surface area contributed by atoms with Crippen molar-refractivity contribution in [3.8, 4) is 5.69 Å². The maximum Gasteiger partial charge on any atom is 0.329 e. The van der Waals surface area contributed by atoms with Crippen LogP contribution in [0, 0.1) is 17.0 Å². The van der Waals surface area contributed by atoms with Crippen LogP contribution < -0.4 is 5.32 Å². The fourth-order valence-corrected chi connectivity index (χ4v) is 3.36. The Balaban J connectivity index is 1.61. The first kappa shape index (κ1) is 19.1. The Bertz CT molecular complexity index is 1200. The molecule has 1 aliphatic heterocycles. The van der Waals surface area contributed by atoms with Crippen molar-refractivity contribution in [3.63, 3.8) is 0 Å². The zero-order chi connectivity index (χ0) is 21.3. The standard InChI is InChI=1S/C22H18N4O4/c1-15-5-2-6-16(11-15)14-25-21(27)20(23-22(25)28)13-18-9-4-10-24(18)17-7-3-8-19(12-17)26(29)30/h2-13H,14H2,1H3,(H,23,28)/b20-13+. The van der Waals surface area contributed by atoms with Gasteiger partial charge >= 0.3 is 6.03 Å². The van der Waals surface area contributed by atoms with E-state index in [2.05, 4.69) is 5.32 Å². The Morgan fingerprint density at radius 1 is 1.07 bits per heavy atom. The SMILES string of the molecule is Cc1cccc(CN2C(=O)N/C(=C/c3cccn3-c3cccc([N+](=O)[O-])c3)C2=O)c1. The van der Waals surface area contributed by atoms with Gasteiger partial charge in [-0.2, -0.15) is 0 Å². The lowest BCUT2D eigenvalue weighted by atomic mass is 10.1. The fraction of sp³-hybridized carbons (Fsp3) is 0.0909. The van der Waals surface area contributed by atoms with Gasteiger partial charge < -0.3 is 9.88 Å². The Kier molecular flexibility index (Phi) is 4.89. The van der Waals surface area contributed by atoms with Crippen LogP contribution in [0.25, 0.3) is 11.8 Å². The van der Waals surface area contributed by atoms with Crippen molar-refractivity contribution in [3.05, 3.63) is 99.5 Å². The van der Waals surface area contributed by atoms with Crippen molar-refractivity contribution in [1.29, 1.82) is 0 Å². The molecule has 2 heterocycles. The quantitative estimate of drug-likeness (QED) is 0.304. The summed E-state index contributed by atoms with van der Waals surface area (Å²) < 4.78 is 1.71. The predicted octanol–water partition coefficient (Wildman–Crippen LogP) is 3.79. The lowest BCUT2D eigenvalue weighted by Crippen LogP contribution is -2.30. The number of nitro benzene ring substituents is 1. The Morgan fingerprint density at radius 3 is 2.63 bits per heavy atom. The highest BCUT2D eigenvalue weighted by atomic mass is 16.6. The molecule has 0 spiro atoms. The molecule has 0 bridgehead atoms. The molecule has 1 saturated heterocycles. The summed E-state index contributed by atoms with van der Waals surface area (Å²) in [6.45, 7) is 2.12. The number of aryl methyl sites for hydroxylation is 1. The molecule has 4 rings (SSSR count). The highest BCUT2D eigenvalue weighted by molar-refractivity contribution is 6.13. The number of benzene rings is 2. The average molecular weight is 402 g/mol. The molecule has 0 atom stereocenters. The molecule has 3 aromatic rings. The first-order valence-corrected chi connectivity index (χ1v) is 9.24. The zero-order valence-electron chi connectivity index (χ0n) is 16.1. The van der Waals surface area contributed by atoms with Gasteiger partial charge in [-0.25, -0.2) is 4.79 Å². The molecule has 8 heteroatoms. The molecule has 1 N–H and O–H groups in total. The van der Waals surface area contributed by atoms with Gasteiger partial charge in [0.2, 0.25) is 0 Å². The summed E-state index contributed by atoms with van der Waals surface area (Å²) >= 11 is 0. The van der Waals surface area contributed by atoms with Crippen molar-refractivity contribution < 1.29 is 14.5 Å². The van der Waals surface area contributed by atoms with E-state index in [1.807, 2.05) is 31.2 Å². The zero-order valence-corrected chi connectivity index (χ0v) is 16.1. The largest absolute Gasteiger partial charge is 0.329 e. The lowest BCUT2D eigenvalue weighted by Gasteiger charge is -2.12. The number of hydrogen-bond acceptors (Lipinski definition) is 4. The number of nitro groups is 1. The molecule has 8 nitrogen and oxygen atoms in total. The van der Waals surface area contributed by atoms with Gasteiger partial charge in [-0.1, -0.05) is 35.9 Å². The van der Waals surface area contributed by atoms with Gasteiger partial charge in [0.25, 0.3) is 11.6 Å². The van der Waals surface area contributed by atoms with Crippen LogP contribution in [-0.2, 0) is 11.3 Å². The van der Waals surface area contributed by atoms with Gasteiger partial charge in [0.15, 0.2) is 0 Å². The predicted molar refractivity (Wildman–Crippen MR) is 111 cm³/mol. The van der Waals surface area contributed by atoms with Gasteiger partial charge in [-0.15, -0.1) is 0 Å². The minimum Gasteiger partial charge on any atom is -0.317 e. The van der Waals surface area contributed by atoms with E-state index in [1.165, 1.54) is 12.1 Å². The molecule has 30 heavy (non-hydrogen) atoms. The second-order valence-corrected chi connectivity index (χ2v) is 6.95. The van der Waals surface area contributed by atoms with E-state index in [-0.39, 0.29) is 17.9 Å². The molecule has 2 aromatic carbocycles. The molecule has 1 aliphatic rings. The van der Waals surface area contributed by atoms with E-state index in [9.17, 15) is 19.7 Å².